The van der Waals surface area contributed by atoms with Gasteiger partial charge in [0.25, 0.3) is 5.91 Å². The number of amides is 1. The molecule has 1 heterocycles. The van der Waals surface area contributed by atoms with Crippen molar-refractivity contribution in [2.75, 3.05) is 12.4 Å². The monoisotopic (exact) mass is 367 g/mol. The van der Waals surface area contributed by atoms with E-state index in [4.69, 9.17) is 4.74 Å². The first-order valence-corrected chi connectivity index (χ1v) is 8.70. The summed E-state index contributed by atoms with van der Waals surface area (Å²) in [7, 11) is 1.55. The first-order valence-electron chi connectivity index (χ1n) is 7.88. The van der Waals surface area contributed by atoms with Gasteiger partial charge in [0, 0.05) is 16.0 Å². The molecule has 0 spiro atoms. The summed E-state index contributed by atoms with van der Waals surface area (Å²) in [4.78, 5) is 25.2. The van der Waals surface area contributed by atoms with Gasteiger partial charge in [0.2, 0.25) is 0 Å². The van der Waals surface area contributed by atoms with Crippen molar-refractivity contribution in [3.8, 4) is 16.9 Å². The molecular weight excluding hydrogens is 350 g/mol. The Morgan fingerprint density at radius 1 is 1.04 bits per heavy atom. The van der Waals surface area contributed by atoms with E-state index in [2.05, 4.69) is 5.32 Å². The van der Waals surface area contributed by atoms with Gasteiger partial charge in [-0.15, -0.1) is 11.3 Å². The number of methoxy groups -OCH3 is 1. The molecule has 5 nitrogen and oxygen atoms in total. The van der Waals surface area contributed by atoms with Crippen LogP contribution in [0.1, 0.15) is 25.6 Å². The Bertz CT molecular complexity index is 946. The fraction of sp³-hybridized carbons (Fsp3) is 0.100. The summed E-state index contributed by atoms with van der Waals surface area (Å²) < 4.78 is 5.08. The van der Waals surface area contributed by atoms with Crippen LogP contribution in [0.4, 0.5) is 5.00 Å². The number of carbonyl (C=O) groups is 2. The van der Waals surface area contributed by atoms with E-state index in [1.165, 1.54) is 11.3 Å². The van der Waals surface area contributed by atoms with Crippen LogP contribution in [0, 0.1) is 6.92 Å². The second kappa shape index (κ2) is 7.41. The van der Waals surface area contributed by atoms with E-state index in [0.717, 1.165) is 10.4 Å². The van der Waals surface area contributed by atoms with Crippen LogP contribution in [-0.2, 0) is 0 Å². The smallest absolute Gasteiger partial charge is 0.339 e. The molecule has 3 aromatic rings. The Balaban J connectivity index is 1.97. The summed E-state index contributed by atoms with van der Waals surface area (Å²) >= 11 is 1.26. The summed E-state index contributed by atoms with van der Waals surface area (Å²) in [6, 6.07) is 15.9. The van der Waals surface area contributed by atoms with Crippen molar-refractivity contribution in [2.24, 2.45) is 0 Å². The molecular formula is C20H17NO4S. The summed E-state index contributed by atoms with van der Waals surface area (Å²) in [6.07, 6.45) is 0. The van der Waals surface area contributed by atoms with Gasteiger partial charge in [0.1, 0.15) is 16.3 Å². The number of aryl methyl sites for hydroxylation is 1. The van der Waals surface area contributed by atoms with Crippen LogP contribution >= 0.6 is 11.3 Å². The van der Waals surface area contributed by atoms with Crippen LogP contribution in [0.2, 0.25) is 0 Å². The standard InChI is InChI=1S/C20H17NO4S/c1-12-16(13-6-4-3-5-7-13)17(20(23)24)19(26-12)21-18(22)14-8-10-15(25-2)11-9-14/h3-11H,1-2H3,(H,21,22)(H,23,24). The zero-order valence-electron chi connectivity index (χ0n) is 14.3. The molecule has 0 unspecified atom stereocenters. The van der Waals surface area contributed by atoms with Crippen molar-refractivity contribution in [2.45, 2.75) is 6.92 Å². The largest absolute Gasteiger partial charge is 0.497 e. The van der Waals surface area contributed by atoms with E-state index in [-0.39, 0.29) is 11.5 Å². The zero-order chi connectivity index (χ0) is 18.7. The first-order chi connectivity index (χ1) is 12.5. The third-order valence-electron chi connectivity index (χ3n) is 3.94. The average molecular weight is 367 g/mol. The molecule has 26 heavy (non-hydrogen) atoms. The lowest BCUT2D eigenvalue weighted by Gasteiger charge is -2.07. The van der Waals surface area contributed by atoms with E-state index >= 15 is 0 Å². The number of aromatic carboxylic acids is 1. The quantitative estimate of drug-likeness (QED) is 0.686. The first kappa shape index (κ1) is 17.7. The minimum atomic E-state index is -1.07. The molecule has 0 saturated carbocycles. The fourth-order valence-corrected chi connectivity index (χ4v) is 3.77. The molecule has 2 N–H and O–H groups in total. The van der Waals surface area contributed by atoms with Gasteiger partial charge in [-0.05, 0) is 36.8 Å². The van der Waals surface area contributed by atoms with Gasteiger partial charge < -0.3 is 15.2 Å². The third-order valence-corrected chi connectivity index (χ3v) is 4.96. The van der Waals surface area contributed by atoms with Crippen LogP contribution in [0.3, 0.4) is 0 Å². The predicted molar refractivity (Wildman–Crippen MR) is 102 cm³/mol. The zero-order valence-corrected chi connectivity index (χ0v) is 15.1. The van der Waals surface area contributed by atoms with Gasteiger partial charge >= 0.3 is 5.97 Å². The van der Waals surface area contributed by atoms with Crippen LogP contribution < -0.4 is 10.1 Å². The Morgan fingerprint density at radius 2 is 1.69 bits per heavy atom. The van der Waals surface area contributed by atoms with Crippen molar-refractivity contribution in [3.05, 3.63) is 70.6 Å². The van der Waals surface area contributed by atoms with Crippen molar-refractivity contribution in [1.82, 2.24) is 0 Å². The minimum absolute atomic E-state index is 0.112. The normalized spacial score (nSPS) is 10.4. The third kappa shape index (κ3) is 3.45. The number of carbonyl (C=O) groups excluding carboxylic acids is 1. The maximum atomic E-state index is 12.5. The number of ether oxygens (including phenoxy) is 1. The molecule has 2 aromatic carbocycles. The molecule has 132 valence electrons. The van der Waals surface area contributed by atoms with Gasteiger partial charge in [-0.1, -0.05) is 30.3 Å². The molecule has 1 aromatic heterocycles. The number of carboxylic acid groups (broad SMARTS) is 1. The number of hydrogen-bond acceptors (Lipinski definition) is 4. The number of nitrogens with one attached hydrogen (secondary N) is 1. The van der Waals surface area contributed by atoms with Gasteiger partial charge in [0.05, 0.1) is 7.11 Å². The maximum absolute atomic E-state index is 12.5. The SMILES string of the molecule is COc1ccc(C(=O)Nc2sc(C)c(-c3ccccc3)c2C(=O)O)cc1. The highest BCUT2D eigenvalue weighted by atomic mass is 32.1. The predicted octanol–water partition coefficient (Wildman–Crippen LogP) is 4.68. The van der Waals surface area contributed by atoms with E-state index < -0.39 is 5.97 Å². The van der Waals surface area contributed by atoms with Crippen LogP contribution in [0.5, 0.6) is 5.75 Å². The number of benzene rings is 2. The Labute approximate surface area is 154 Å². The molecule has 0 saturated heterocycles. The van der Waals surface area contributed by atoms with Crippen LogP contribution in [0.15, 0.2) is 54.6 Å². The van der Waals surface area contributed by atoms with E-state index in [0.29, 0.717) is 21.9 Å². The fourth-order valence-electron chi connectivity index (χ4n) is 2.71. The van der Waals surface area contributed by atoms with Crippen molar-refractivity contribution < 1.29 is 19.4 Å². The average Bonchev–Trinajstić information content (AvgIpc) is 2.98. The van der Waals surface area contributed by atoms with Gasteiger partial charge in [-0.2, -0.15) is 0 Å². The second-order valence-corrected chi connectivity index (χ2v) is 6.82. The maximum Gasteiger partial charge on any atom is 0.339 e. The Morgan fingerprint density at radius 3 is 2.27 bits per heavy atom. The Kier molecular flexibility index (Phi) is 5.04. The minimum Gasteiger partial charge on any atom is -0.497 e. The molecule has 0 aliphatic carbocycles. The molecule has 0 atom stereocenters. The van der Waals surface area contributed by atoms with Crippen molar-refractivity contribution >= 4 is 28.2 Å². The number of hydrogen-bond donors (Lipinski definition) is 2. The van der Waals surface area contributed by atoms with Crippen molar-refractivity contribution in [1.29, 1.82) is 0 Å². The van der Waals surface area contributed by atoms with Gasteiger partial charge in [-0.25, -0.2) is 4.79 Å². The molecule has 0 aliphatic rings. The van der Waals surface area contributed by atoms with Crippen LogP contribution in [0.25, 0.3) is 11.1 Å². The second-order valence-electron chi connectivity index (χ2n) is 5.59. The topological polar surface area (TPSA) is 75.6 Å². The Hall–Kier alpha value is -3.12. The van der Waals surface area contributed by atoms with Gasteiger partial charge in [-0.3, -0.25) is 4.79 Å². The number of thiophene rings is 1. The summed E-state index contributed by atoms with van der Waals surface area (Å²) in [5.41, 5.74) is 1.98. The molecule has 0 radical (unpaired) electrons. The summed E-state index contributed by atoms with van der Waals surface area (Å²) in [6.45, 7) is 1.85. The molecule has 0 fully saturated rings. The highest BCUT2D eigenvalue weighted by Crippen LogP contribution is 2.40. The molecule has 3 rings (SSSR count). The molecule has 0 aliphatic heterocycles. The summed E-state index contributed by atoms with van der Waals surface area (Å²) in [5.74, 6) is -0.791. The van der Waals surface area contributed by atoms with E-state index in [1.54, 1.807) is 31.4 Å². The number of rotatable bonds is 5. The number of anilines is 1. The van der Waals surface area contributed by atoms with E-state index in [1.807, 2.05) is 37.3 Å². The lowest BCUT2D eigenvalue weighted by atomic mass is 10.0. The highest BCUT2D eigenvalue weighted by molar-refractivity contribution is 7.17. The highest BCUT2D eigenvalue weighted by Gasteiger charge is 2.24. The molecule has 0 bridgehead atoms. The molecule has 6 heteroatoms. The van der Waals surface area contributed by atoms with E-state index in [9.17, 15) is 14.7 Å². The van der Waals surface area contributed by atoms with Crippen LogP contribution in [-0.4, -0.2) is 24.1 Å². The molecule has 1 amide bonds. The lowest BCUT2D eigenvalue weighted by Crippen LogP contribution is -2.13. The van der Waals surface area contributed by atoms with Crippen molar-refractivity contribution in [3.63, 3.8) is 0 Å². The lowest BCUT2D eigenvalue weighted by molar-refractivity contribution is 0.0699. The van der Waals surface area contributed by atoms with Gasteiger partial charge in [0.15, 0.2) is 0 Å². The summed E-state index contributed by atoms with van der Waals surface area (Å²) in [5, 5.41) is 12.8. The number of carboxylic acids is 1.